The standard InChI is InChI=1S/C24H35FN4O4S/c25-19-6-8-22(9-7-19)34(32,33)29-16-10-18(11-17-29)23(30)26-21-12-14-28(15-13-21)24(31)27-20-4-2-1-3-5-20/h6-9,18,20-21H,1-5,10-17H2,(H,26,30)(H,27,31). The van der Waals surface area contributed by atoms with Gasteiger partial charge < -0.3 is 15.5 Å². The Bertz CT molecular complexity index is 950. The fraction of sp³-hybridized carbons (Fsp3) is 0.667. The van der Waals surface area contributed by atoms with Gasteiger partial charge in [0.05, 0.1) is 4.90 Å². The molecular formula is C24H35FN4O4S. The summed E-state index contributed by atoms with van der Waals surface area (Å²) >= 11 is 0. The molecule has 3 fully saturated rings. The molecule has 1 aliphatic carbocycles. The second-order valence-corrected chi connectivity index (χ2v) is 11.6. The number of nitrogens with one attached hydrogen (secondary N) is 2. The van der Waals surface area contributed by atoms with Gasteiger partial charge in [0.15, 0.2) is 0 Å². The smallest absolute Gasteiger partial charge is 0.317 e. The Balaban J connectivity index is 1.19. The Morgan fingerprint density at radius 2 is 1.38 bits per heavy atom. The Kier molecular flexibility index (Phi) is 8.08. The molecule has 2 heterocycles. The van der Waals surface area contributed by atoms with E-state index in [1.54, 1.807) is 0 Å². The van der Waals surface area contributed by atoms with E-state index in [0.717, 1.165) is 37.8 Å². The normalized spacial score (nSPS) is 21.9. The molecule has 188 valence electrons. The number of sulfonamides is 1. The number of amides is 3. The van der Waals surface area contributed by atoms with Crippen molar-refractivity contribution in [2.45, 2.75) is 74.8 Å². The highest BCUT2D eigenvalue weighted by Gasteiger charge is 2.33. The quantitative estimate of drug-likeness (QED) is 0.658. The van der Waals surface area contributed by atoms with Gasteiger partial charge in [-0.2, -0.15) is 4.31 Å². The first kappa shape index (κ1) is 24.9. The zero-order valence-electron chi connectivity index (χ0n) is 19.5. The minimum Gasteiger partial charge on any atom is -0.353 e. The fourth-order valence-electron chi connectivity index (χ4n) is 5.17. The zero-order chi connectivity index (χ0) is 24.1. The largest absolute Gasteiger partial charge is 0.353 e. The lowest BCUT2D eigenvalue weighted by atomic mass is 9.95. The van der Waals surface area contributed by atoms with Crippen molar-refractivity contribution in [2.75, 3.05) is 26.2 Å². The molecule has 1 aromatic carbocycles. The first-order valence-corrected chi connectivity index (χ1v) is 13.9. The molecule has 0 aromatic heterocycles. The Hall–Kier alpha value is -2.20. The molecule has 2 aliphatic heterocycles. The average Bonchev–Trinajstić information content (AvgIpc) is 2.85. The van der Waals surface area contributed by atoms with E-state index >= 15 is 0 Å². The summed E-state index contributed by atoms with van der Waals surface area (Å²) in [6.07, 6.45) is 8.07. The Morgan fingerprint density at radius 1 is 0.794 bits per heavy atom. The number of piperidine rings is 2. The van der Waals surface area contributed by atoms with Crippen LogP contribution in [-0.4, -0.2) is 67.8 Å². The lowest BCUT2D eigenvalue weighted by Gasteiger charge is -2.35. The molecule has 10 heteroatoms. The van der Waals surface area contributed by atoms with Crippen LogP contribution in [0.5, 0.6) is 0 Å². The summed E-state index contributed by atoms with van der Waals surface area (Å²) in [7, 11) is -3.69. The van der Waals surface area contributed by atoms with Gasteiger partial charge in [-0.05, 0) is 62.8 Å². The topological polar surface area (TPSA) is 98.8 Å². The number of likely N-dealkylation sites (tertiary alicyclic amines) is 1. The number of urea groups is 1. The van der Waals surface area contributed by atoms with E-state index in [2.05, 4.69) is 10.6 Å². The third-order valence-corrected chi connectivity index (χ3v) is 9.25. The van der Waals surface area contributed by atoms with Gasteiger partial charge in [-0.3, -0.25) is 4.79 Å². The molecule has 3 amide bonds. The molecule has 0 atom stereocenters. The van der Waals surface area contributed by atoms with Crippen LogP contribution in [0.3, 0.4) is 0 Å². The van der Waals surface area contributed by atoms with Crippen LogP contribution in [0.15, 0.2) is 29.2 Å². The maximum Gasteiger partial charge on any atom is 0.317 e. The minimum atomic E-state index is -3.69. The van der Waals surface area contributed by atoms with Gasteiger partial charge in [0, 0.05) is 44.2 Å². The number of nitrogens with zero attached hydrogens (tertiary/aromatic N) is 2. The molecule has 3 aliphatic rings. The van der Waals surface area contributed by atoms with E-state index < -0.39 is 15.8 Å². The van der Waals surface area contributed by atoms with Gasteiger partial charge in [-0.1, -0.05) is 19.3 Å². The van der Waals surface area contributed by atoms with Gasteiger partial charge in [-0.15, -0.1) is 0 Å². The summed E-state index contributed by atoms with van der Waals surface area (Å²) in [6.45, 7) is 1.77. The molecule has 1 saturated carbocycles. The molecule has 0 unspecified atom stereocenters. The fourth-order valence-corrected chi connectivity index (χ4v) is 6.64. The van der Waals surface area contributed by atoms with Gasteiger partial charge in [0.25, 0.3) is 0 Å². The van der Waals surface area contributed by atoms with Crippen molar-refractivity contribution in [3.63, 3.8) is 0 Å². The molecule has 8 nitrogen and oxygen atoms in total. The lowest BCUT2D eigenvalue weighted by molar-refractivity contribution is -0.127. The van der Waals surface area contributed by atoms with Crippen LogP contribution in [0, 0.1) is 11.7 Å². The number of halogens is 1. The van der Waals surface area contributed by atoms with Crippen LogP contribution < -0.4 is 10.6 Å². The molecule has 4 rings (SSSR count). The third-order valence-electron chi connectivity index (χ3n) is 7.34. The van der Waals surface area contributed by atoms with E-state index in [1.807, 2.05) is 4.90 Å². The molecular weight excluding hydrogens is 459 g/mol. The SMILES string of the molecule is O=C(NC1CCN(C(=O)NC2CCCCC2)CC1)C1CCN(S(=O)(=O)c2ccc(F)cc2)CC1. The van der Waals surface area contributed by atoms with Crippen LogP contribution in [0.25, 0.3) is 0 Å². The minimum absolute atomic E-state index is 0.00594. The number of hydrogen-bond acceptors (Lipinski definition) is 4. The van der Waals surface area contributed by atoms with Crippen molar-refractivity contribution in [3.8, 4) is 0 Å². The third kappa shape index (κ3) is 6.07. The van der Waals surface area contributed by atoms with E-state index in [4.69, 9.17) is 0 Å². The Labute approximate surface area is 201 Å². The summed E-state index contributed by atoms with van der Waals surface area (Å²) in [5, 5.41) is 6.27. The van der Waals surface area contributed by atoms with Gasteiger partial charge in [0.2, 0.25) is 15.9 Å². The highest BCUT2D eigenvalue weighted by atomic mass is 32.2. The monoisotopic (exact) mass is 494 g/mol. The molecule has 34 heavy (non-hydrogen) atoms. The summed E-state index contributed by atoms with van der Waals surface area (Å²) in [4.78, 5) is 27.2. The highest BCUT2D eigenvalue weighted by Crippen LogP contribution is 2.25. The van der Waals surface area contributed by atoms with Gasteiger partial charge in [-0.25, -0.2) is 17.6 Å². The van der Waals surface area contributed by atoms with Crippen molar-refractivity contribution in [1.29, 1.82) is 0 Å². The van der Waals surface area contributed by atoms with Crippen LogP contribution in [0.2, 0.25) is 0 Å². The van der Waals surface area contributed by atoms with E-state index in [-0.39, 0.29) is 47.9 Å². The summed E-state index contributed by atoms with van der Waals surface area (Å²) in [6, 6.07) is 5.14. The predicted octanol–water partition coefficient (Wildman–Crippen LogP) is 2.85. The molecule has 0 spiro atoms. The van der Waals surface area contributed by atoms with Crippen LogP contribution in [0.4, 0.5) is 9.18 Å². The Morgan fingerprint density at radius 3 is 2.00 bits per heavy atom. The number of carbonyl (C=O) groups is 2. The summed E-state index contributed by atoms with van der Waals surface area (Å²) < 4.78 is 40.0. The van der Waals surface area contributed by atoms with Crippen molar-refractivity contribution in [2.24, 2.45) is 5.92 Å². The average molecular weight is 495 g/mol. The first-order valence-electron chi connectivity index (χ1n) is 12.4. The van der Waals surface area contributed by atoms with Crippen molar-refractivity contribution < 1.29 is 22.4 Å². The molecule has 1 aromatic rings. The van der Waals surface area contributed by atoms with Gasteiger partial charge >= 0.3 is 6.03 Å². The second kappa shape index (κ2) is 11.0. The number of rotatable bonds is 5. The maximum absolute atomic E-state index is 13.1. The number of hydrogen-bond donors (Lipinski definition) is 2. The van der Waals surface area contributed by atoms with Gasteiger partial charge in [0.1, 0.15) is 5.82 Å². The highest BCUT2D eigenvalue weighted by molar-refractivity contribution is 7.89. The van der Waals surface area contributed by atoms with Crippen molar-refractivity contribution in [1.82, 2.24) is 19.8 Å². The second-order valence-electron chi connectivity index (χ2n) is 9.69. The predicted molar refractivity (Wildman–Crippen MR) is 126 cm³/mol. The van der Waals surface area contributed by atoms with Crippen LogP contribution in [0.1, 0.15) is 57.8 Å². The maximum atomic E-state index is 13.1. The van der Waals surface area contributed by atoms with E-state index in [0.29, 0.717) is 25.9 Å². The van der Waals surface area contributed by atoms with Crippen LogP contribution >= 0.6 is 0 Å². The molecule has 0 bridgehead atoms. The summed E-state index contributed by atoms with van der Waals surface area (Å²) in [5.74, 6) is -0.749. The number of benzene rings is 1. The first-order chi connectivity index (χ1) is 16.3. The molecule has 2 saturated heterocycles. The van der Waals surface area contributed by atoms with Crippen molar-refractivity contribution >= 4 is 22.0 Å². The van der Waals surface area contributed by atoms with Crippen LogP contribution in [-0.2, 0) is 14.8 Å². The zero-order valence-corrected chi connectivity index (χ0v) is 20.4. The number of carbonyl (C=O) groups excluding carboxylic acids is 2. The summed E-state index contributed by atoms with van der Waals surface area (Å²) in [5.41, 5.74) is 0. The lowest BCUT2D eigenvalue weighted by Crippen LogP contribution is -2.52. The molecule has 2 N–H and O–H groups in total. The van der Waals surface area contributed by atoms with E-state index in [1.165, 1.54) is 35.7 Å². The van der Waals surface area contributed by atoms with Crippen molar-refractivity contribution in [3.05, 3.63) is 30.1 Å². The van der Waals surface area contributed by atoms with E-state index in [9.17, 15) is 22.4 Å². The molecule has 0 radical (unpaired) electrons.